The molecule has 0 aliphatic rings. The van der Waals surface area contributed by atoms with Gasteiger partial charge in [0, 0.05) is 34.3 Å². The van der Waals surface area contributed by atoms with Crippen molar-refractivity contribution in [2.75, 3.05) is 10.8 Å². The van der Waals surface area contributed by atoms with E-state index in [1.807, 2.05) is 20.8 Å². The highest BCUT2D eigenvalue weighted by Gasteiger charge is 2.35. The van der Waals surface area contributed by atoms with Crippen molar-refractivity contribution in [3.05, 3.63) is 98.5 Å². The van der Waals surface area contributed by atoms with E-state index in [1.54, 1.807) is 37.3 Å². The van der Waals surface area contributed by atoms with Crippen LogP contribution in [0.1, 0.15) is 39.7 Å². The number of nitrogens with zero attached hydrogens (tertiary/aromatic N) is 3. The van der Waals surface area contributed by atoms with Gasteiger partial charge in [-0.3, -0.25) is 24.0 Å². The number of carbonyl (C=O) groups excluding carboxylic acids is 2. The molecule has 0 bridgehead atoms. The second-order valence-electron chi connectivity index (χ2n) is 10.5. The van der Waals surface area contributed by atoms with E-state index >= 15 is 0 Å². The molecule has 3 aromatic rings. The maximum Gasteiger partial charge on any atom is 0.269 e. The Bertz CT molecular complexity index is 1540. The van der Waals surface area contributed by atoms with E-state index in [4.69, 9.17) is 23.2 Å². The van der Waals surface area contributed by atoms with Crippen molar-refractivity contribution in [1.29, 1.82) is 0 Å². The molecule has 0 radical (unpaired) electrons. The Morgan fingerprint density at radius 1 is 1.00 bits per heavy atom. The second-order valence-corrected chi connectivity index (χ2v) is 13.2. The van der Waals surface area contributed by atoms with Crippen LogP contribution in [-0.4, -0.2) is 48.2 Å². The van der Waals surface area contributed by atoms with Crippen LogP contribution in [0.5, 0.6) is 0 Å². The van der Waals surface area contributed by atoms with Gasteiger partial charge in [0.15, 0.2) is 0 Å². The fourth-order valence-corrected chi connectivity index (χ4v) is 6.10. The summed E-state index contributed by atoms with van der Waals surface area (Å²) < 4.78 is 28.5. The average Bonchev–Trinajstić information content (AvgIpc) is 2.92. The highest BCUT2D eigenvalue weighted by Crippen LogP contribution is 2.28. The topological polar surface area (TPSA) is 130 Å². The number of hydrogen-bond acceptors (Lipinski definition) is 6. The summed E-state index contributed by atoms with van der Waals surface area (Å²) in [6.07, 6.45) is 0.224. The predicted molar refractivity (Wildman–Crippen MR) is 163 cm³/mol. The third-order valence-electron chi connectivity index (χ3n) is 6.20. The first-order chi connectivity index (χ1) is 19.6. The normalized spacial score (nSPS) is 12.3. The van der Waals surface area contributed by atoms with Gasteiger partial charge in [-0.2, -0.15) is 0 Å². The highest BCUT2D eigenvalue weighted by atomic mass is 35.5. The molecule has 0 fully saturated rings. The highest BCUT2D eigenvalue weighted by molar-refractivity contribution is 7.92. The van der Waals surface area contributed by atoms with E-state index in [9.17, 15) is 28.1 Å². The fourth-order valence-electron chi connectivity index (χ4n) is 4.19. The lowest BCUT2D eigenvalue weighted by Gasteiger charge is -2.35. The predicted octanol–water partition coefficient (Wildman–Crippen LogP) is 5.82. The number of nitro benzene ring substituents is 1. The summed E-state index contributed by atoms with van der Waals surface area (Å²) in [6, 6.07) is 16.1. The molecule has 3 aromatic carbocycles. The lowest BCUT2D eigenvalue weighted by molar-refractivity contribution is -0.384. The minimum absolute atomic E-state index is 0.0365. The summed E-state index contributed by atoms with van der Waals surface area (Å²) >= 11 is 12.5. The number of non-ortho nitro benzene ring substituents is 1. The van der Waals surface area contributed by atoms with Gasteiger partial charge in [-0.25, -0.2) is 8.42 Å². The summed E-state index contributed by atoms with van der Waals surface area (Å²) in [7, 11) is -4.31. The van der Waals surface area contributed by atoms with Crippen molar-refractivity contribution in [3.63, 3.8) is 0 Å². The molecule has 10 nitrogen and oxygen atoms in total. The largest absolute Gasteiger partial charge is 0.350 e. The van der Waals surface area contributed by atoms with Crippen LogP contribution in [0.3, 0.4) is 0 Å². The first kappa shape index (κ1) is 32.8. The molecule has 0 spiro atoms. The van der Waals surface area contributed by atoms with Crippen molar-refractivity contribution < 1.29 is 22.9 Å². The van der Waals surface area contributed by atoms with Gasteiger partial charge in [-0.05, 0) is 69.2 Å². The molecule has 3 rings (SSSR count). The Balaban J connectivity index is 2.10. The Kier molecular flexibility index (Phi) is 10.6. The van der Waals surface area contributed by atoms with E-state index in [0.29, 0.717) is 10.6 Å². The summed E-state index contributed by atoms with van der Waals surface area (Å²) in [5.74, 6) is -1.11. The van der Waals surface area contributed by atoms with E-state index < -0.39 is 44.9 Å². The third kappa shape index (κ3) is 8.21. The van der Waals surface area contributed by atoms with Gasteiger partial charge >= 0.3 is 0 Å². The van der Waals surface area contributed by atoms with Gasteiger partial charge in [-0.1, -0.05) is 54.4 Å². The van der Waals surface area contributed by atoms with Crippen molar-refractivity contribution >= 4 is 56.4 Å². The number of sulfonamides is 1. The Morgan fingerprint density at radius 3 is 2.14 bits per heavy atom. The van der Waals surface area contributed by atoms with Crippen LogP contribution in [0.25, 0.3) is 0 Å². The molecule has 224 valence electrons. The third-order valence-corrected chi connectivity index (χ3v) is 8.57. The fraction of sp³-hybridized carbons (Fsp3) is 0.310. The zero-order chi connectivity index (χ0) is 31.2. The first-order valence-corrected chi connectivity index (χ1v) is 15.2. The monoisotopic (exact) mass is 634 g/mol. The molecule has 1 atom stereocenters. The first-order valence-electron chi connectivity index (χ1n) is 13.0. The molecule has 0 aliphatic carbocycles. The van der Waals surface area contributed by atoms with Crippen LogP contribution >= 0.6 is 23.2 Å². The lowest BCUT2D eigenvalue weighted by atomic mass is 10.1. The van der Waals surface area contributed by atoms with Gasteiger partial charge in [0.25, 0.3) is 15.7 Å². The average molecular weight is 636 g/mol. The van der Waals surface area contributed by atoms with Gasteiger partial charge in [0.05, 0.1) is 15.5 Å². The van der Waals surface area contributed by atoms with Crippen LogP contribution in [0.4, 0.5) is 11.4 Å². The minimum Gasteiger partial charge on any atom is -0.350 e. The number of carbonyl (C=O) groups is 2. The van der Waals surface area contributed by atoms with Crippen molar-refractivity contribution in [1.82, 2.24) is 10.2 Å². The van der Waals surface area contributed by atoms with Crippen LogP contribution < -0.4 is 9.62 Å². The molecule has 0 heterocycles. The molecule has 1 unspecified atom stereocenters. The molecule has 1 N–H and O–H groups in total. The summed E-state index contributed by atoms with van der Waals surface area (Å²) in [5, 5.41) is 14.8. The molecule has 0 saturated heterocycles. The van der Waals surface area contributed by atoms with E-state index in [-0.39, 0.29) is 34.3 Å². The van der Waals surface area contributed by atoms with Crippen molar-refractivity contribution in [3.8, 4) is 0 Å². The number of benzene rings is 3. The number of rotatable bonds is 11. The molecule has 0 aromatic heterocycles. The smallest absolute Gasteiger partial charge is 0.269 e. The van der Waals surface area contributed by atoms with Crippen LogP contribution in [-0.2, 0) is 26.2 Å². The van der Waals surface area contributed by atoms with Gasteiger partial charge in [0.2, 0.25) is 11.8 Å². The Morgan fingerprint density at radius 2 is 1.62 bits per heavy atom. The van der Waals surface area contributed by atoms with Crippen molar-refractivity contribution in [2.45, 2.75) is 57.1 Å². The number of halogens is 2. The molecule has 13 heteroatoms. The number of amides is 2. The number of nitro groups is 1. The van der Waals surface area contributed by atoms with E-state index in [2.05, 4.69) is 5.32 Å². The SMILES string of the molecule is CCC(C(=O)NC(C)(C)C)N(Cc1ccc(Cl)cc1Cl)C(=O)CN(c1ccc([N+](=O)[O-])cc1)S(=O)(=O)c1ccccc1. The minimum atomic E-state index is -4.31. The van der Waals surface area contributed by atoms with Crippen molar-refractivity contribution in [2.24, 2.45) is 0 Å². The van der Waals surface area contributed by atoms with Crippen LogP contribution in [0, 0.1) is 10.1 Å². The number of hydrogen-bond donors (Lipinski definition) is 1. The summed E-state index contributed by atoms with van der Waals surface area (Å²) in [4.78, 5) is 39.3. The quantitative estimate of drug-likeness (QED) is 0.209. The second kappa shape index (κ2) is 13.5. The lowest BCUT2D eigenvalue weighted by Crippen LogP contribution is -2.55. The zero-order valence-corrected chi connectivity index (χ0v) is 25.9. The van der Waals surface area contributed by atoms with Gasteiger partial charge in [-0.15, -0.1) is 0 Å². The number of anilines is 1. The molecule has 0 saturated carbocycles. The molecule has 2 amide bonds. The maximum absolute atomic E-state index is 14.1. The van der Waals surface area contributed by atoms with Crippen LogP contribution in [0.15, 0.2) is 77.7 Å². The molecular weight excluding hydrogens is 603 g/mol. The maximum atomic E-state index is 14.1. The van der Waals surface area contributed by atoms with E-state index in [0.717, 1.165) is 16.4 Å². The van der Waals surface area contributed by atoms with Gasteiger partial charge in [0.1, 0.15) is 12.6 Å². The van der Waals surface area contributed by atoms with Crippen LogP contribution in [0.2, 0.25) is 10.0 Å². The molecule has 0 aliphatic heterocycles. The molecular formula is C29H32Cl2N4O6S. The van der Waals surface area contributed by atoms with E-state index in [1.165, 1.54) is 35.2 Å². The Labute approximate surface area is 255 Å². The standard InChI is InChI=1S/C29H32Cl2N4O6S/c1-5-26(28(37)32-29(2,3)4)33(18-20-11-12-21(30)17-25(20)31)27(36)19-34(22-13-15-23(16-14-22)35(38)39)42(40,41)24-9-7-6-8-10-24/h6-17,26H,5,18-19H2,1-4H3,(H,32,37). The number of nitrogens with one attached hydrogen (secondary N) is 1. The van der Waals surface area contributed by atoms with Gasteiger partial charge < -0.3 is 10.2 Å². The molecule has 42 heavy (non-hydrogen) atoms. The zero-order valence-electron chi connectivity index (χ0n) is 23.6. The summed E-state index contributed by atoms with van der Waals surface area (Å²) in [5.41, 5.74) is -0.303. The summed E-state index contributed by atoms with van der Waals surface area (Å²) in [6.45, 7) is 6.36. The Hall–Kier alpha value is -3.67.